The number of carbonyl (C=O) groups is 2. The molecular formula is C34H36FN3O2. The van der Waals surface area contributed by atoms with E-state index in [9.17, 15) is 14.0 Å². The molecule has 5 nitrogen and oxygen atoms in total. The molecular weight excluding hydrogens is 501 g/mol. The Kier molecular flexibility index (Phi) is 8.93. The van der Waals surface area contributed by atoms with Crippen LogP contribution in [0, 0.1) is 24.6 Å². The largest absolute Gasteiger partial charge is 0.353 e. The van der Waals surface area contributed by atoms with Gasteiger partial charge in [-0.1, -0.05) is 36.1 Å². The minimum Gasteiger partial charge on any atom is -0.353 e. The molecule has 6 heteroatoms. The molecule has 0 aromatic heterocycles. The van der Waals surface area contributed by atoms with Crippen molar-refractivity contribution in [3.05, 3.63) is 106 Å². The second kappa shape index (κ2) is 12.9. The van der Waals surface area contributed by atoms with Crippen molar-refractivity contribution in [1.82, 2.24) is 15.1 Å². The zero-order valence-electron chi connectivity index (χ0n) is 23.0. The maximum absolute atomic E-state index is 13.6. The number of halogens is 1. The smallest absolute Gasteiger partial charge is 0.253 e. The third-order valence-corrected chi connectivity index (χ3v) is 7.89. The third kappa shape index (κ3) is 7.37. The average Bonchev–Trinajstić information content (AvgIpc) is 2.96. The summed E-state index contributed by atoms with van der Waals surface area (Å²) < 4.78 is 13.6. The average molecular weight is 538 g/mol. The number of carbonyl (C=O) groups excluding carboxylic acids is 2. The van der Waals surface area contributed by atoms with Crippen LogP contribution in [0.2, 0.25) is 0 Å². The van der Waals surface area contributed by atoms with E-state index in [1.54, 1.807) is 0 Å². The molecule has 0 atom stereocenters. The molecule has 0 unspecified atom stereocenters. The van der Waals surface area contributed by atoms with E-state index < -0.39 is 0 Å². The maximum Gasteiger partial charge on any atom is 0.253 e. The predicted octanol–water partition coefficient (Wildman–Crippen LogP) is 4.96. The minimum absolute atomic E-state index is 0.0495. The first-order chi connectivity index (χ1) is 19.4. The highest BCUT2D eigenvalue weighted by atomic mass is 19.1. The van der Waals surface area contributed by atoms with Crippen molar-refractivity contribution in [3.8, 4) is 11.8 Å². The van der Waals surface area contributed by atoms with Crippen LogP contribution in [0.4, 0.5) is 4.39 Å². The van der Waals surface area contributed by atoms with E-state index in [0.717, 1.165) is 68.6 Å². The Morgan fingerprint density at radius 1 is 0.850 bits per heavy atom. The minimum atomic E-state index is -0.300. The molecule has 2 heterocycles. The lowest BCUT2D eigenvalue weighted by Gasteiger charge is -2.42. The maximum atomic E-state index is 13.6. The predicted molar refractivity (Wildman–Crippen MR) is 155 cm³/mol. The van der Waals surface area contributed by atoms with Gasteiger partial charge in [0.1, 0.15) is 5.82 Å². The number of rotatable bonds is 5. The summed E-state index contributed by atoms with van der Waals surface area (Å²) in [5.74, 6) is 6.04. The lowest BCUT2D eigenvalue weighted by molar-refractivity contribution is -0.121. The van der Waals surface area contributed by atoms with Gasteiger partial charge < -0.3 is 15.1 Å². The van der Waals surface area contributed by atoms with E-state index in [1.807, 2.05) is 72.5 Å². The summed E-state index contributed by atoms with van der Waals surface area (Å²) in [5.41, 5.74) is 4.10. The molecule has 0 saturated carbocycles. The summed E-state index contributed by atoms with van der Waals surface area (Å²) >= 11 is 0. The van der Waals surface area contributed by atoms with E-state index >= 15 is 0 Å². The van der Waals surface area contributed by atoms with Gasteiger partial charge in [0.05, 0.1) is 6.42 Å². The standard InChI is InChI=1S/C34H36FN3O2/c1-25-21-28(23-30(35)22-25)24-33(39)36-31-13-17-37(18-14-31)32-15-19-38(20-16-32)34(40)29-11-9-27(10-12-29)8-7-26-5-3-2-4-6-26/h2-6,9-12,21-23,31-32H,13-20,24H2,1H3,(H,36,39). The molecule has 0 spiro atoms. The highest BCUT2D eigenvalue weighted by molar-refractivity contribution is 5.94. The van der Waals surface area contributed by atoms with E-state index in [2.05, 4.69) is 22.1 Å². The van der Waals surface area contributed by atoms with Crippen LogP contribution in [0.25, 0.3) is 0 Å². The van der Waals surface area contributed by atoms with Gasteiger partial charge in [-0.25, -0.2) is 4.39 Å². The summed E-state index contributed by atoms with van der Waals surface area (Å²) in [6, 6.07) is 22.8. The van der Waals surface area contributed by atoms with Crippen LogP contribution in [0.3, 0.4) is 0 Å². The van der Waals surface area contributed by atoms with Crippen molar-refractivity contribution in [2.45, 2.75) is 51.1 Å². The van der Waals surface area contributed by atoms with Gasteiger partial charge in [0.2, 0.25) is 5.91 Å². The Morgan fingerprint density at radius 2 is 1.50 bits per heavy atom. The Hall–Kier alpha value is -3.95. The Morgan fingerprint density at radius 3 is 2.15 bits per heavy atom. The van der Waals surface area contributed by atoms with Crippen molar-refractivity contribution in [1.29, 1.82) is 0 Å². The molecule has 2 fully saturated rings. The number of likely N-dealkylation sites (tertiary alicyclic amines) is 2. The normalized spacial score (nSPS) is 16.7. The Bertz CT molecular complexity index is 1360. The first kappa shape index (κ1) is 27.6. The topological polar surface area (TPSA) is 52.7 Å². The van der Waals surface area contributed by atoms with E-state index in [-0.39, 0.29) is 30.1 Å². The van der Waals surface area contributed by atoms with Crippen LogP contribution in [-0.2, 0) is 11.2 Å². The summed E-state index contributed by atoms with van der Waals surface area (Å²) in [4.78, 5) is 30.1. The fourth-order valence-corrected chi connectivity index (χ4v) is 5.77. The van der Waals surface area contributed by atoms with E-state index in [4.69, 9.17) is 0 Å². The van der Waals surface area contributed by atoms with Crippen LogP contribution in [0.1, 0.15) is 58.3 Å². The molecule has 0 radical (unpaired) electrons. The monoisotopic (exact) mass is 537 g/mol. The number of hydrogen-bond donors (Lipinski definition) is 1. The number of piperidine rings is 2. The van der Waals surface area contributed by atoms with E-state index in [0.29, 0.717) is 17.2 Å². The van der Waals surface area contributed by atoms with Gasteiger partial charge in [0.15, 0.2) is 0 Å². The fourth-order valence-electron chi connectivity index (χ4n) is 5.77. The van der Waals surface area contributed by atoms with Crippen molar-refractivity contribution in [2.75, 3.05) is 26.2 Å². The number of aryl methyl sites for hydroxylation is 1. The van der Waals surface area contributed by atoms with Gasteiger partial charge in [-0.05, 0) is 92.3 Å². The molecule has 3 aromatic rings. The van der Waals surface area contributed by atoms with Crippen LogP contribution >= 0.6 is 0 Å². The molecule has 5 rings (SSSR count). The molecule has 2 aliphatic heterocycles. The van der Waals surface area contributed by atoms with Gasteiger partial charge >= 0.3 is 0 Å². The first-order valence-corrected chi connectivity index (χ1v) is 14.2. The molecule has 40 heavy (non-hydrogen) atoms. The van der Waals surface area contributed by atoms with Crippen LogP contribution in [0.5, 0.6) is 0 Å². The lowest BCUT2D eigenvalue weighted by Crippen LogP contribution is -2.51. The zero-order chi connectivity index (χ0) is 27.9. The van der Waals surface area contributed by atoms with Crippen molar-refractivity contribution >= 4 is 11.8 Å². The summed E-state index contributed by atoms with van der Waals surface area (Å²) in [6.45, 7) is 5.22. The zero-order valence-corrected chi connectivity index (χ0v) is 23.0. The highest BCUT2D eigenvalue weighted by Gasteiger charge is 2.30. The van der Waals surface area contributed by atoms with Crippen LogP contribution in [0.15, 0.2) is 72.8 Å². The number of amides is 2. The summed E-state index contributed by atoms with van der Waals surface area (Å²) in [5, 5.41) is 3.14. The molecule has 1 N–H and O–H groups in total. The molecule has 206 valence electrons. The van der Waals surface area contributed by atoms with Gasteiger partial charge in [-0.3, -0.25) is 9.59 Å². The van der Waals surface area contributed by atoms with Crippen molar-refractivity contribution < 1.29 is 14.0 Å². The van der Waals surface area contributed by atoms with Gasteiger partial charge in [0, 0.05) is 55.0 Å². The molecule has 2 amide bonds. The molecule has 3 aromatic carbocycles. The van der Waals surface area contributed by atoms with Crippen LogP contribution in [-0.4, -0.2) is 59.9 Å². The number of nitrogens with one attached hydrogen (secondary N) is 1. The fraction of sp³-hybridized carbons (Fsp3) is 0.353. The molecule has 0 bridgehead atoms. The molecule has 2 aliphatic rings. The SMILES string of the molecule is Cc1cc(F)cc(CC(=O)NC2CCN(C3CCN(C(=O)c4ccc(C#Cc5ccccc5)cc4)CC3)CC2)c1. The van der Waals surface area contributed by atoms with Crippen LogP contribution < -0.4 is 5.32 Å². The molecule has 2 saturated heterocycles. The number of hydrogen-bond acceptors (Lipinski definition) is 3. The summed E-state index contributed by atoms with van der Waals surface area (Å²) in [7, 11) is 0. The highest BCUT2D eigenvalue weighted by Crippen LogP contribution is 2.23. The summed E-state index contributed by atoms with van der Waals surface area (Å²) in [6.07, 6.45) is 3.94. The van der Waals surface area contributed by atoms with Gasteiger partial charge in [-0.2, -0.15) is 0 Å². The van der Waals surface area contributed by atoms with Gasteiger partial charge in [-0.15, -0.1) is 0 Å². The van der Waals surface area contributed by atoms with Gasteiger partial charge in [0.25, 0.3) is 5.91 Å². The Labute approximate surface area is 236 Å². The second-order valence-corrected chi connectivity index (χ2v) is 10.9. The second-order valence-electron chi connectivity index (χ2n) is 10.9. The van der Waals surface area contributed by atoms with Crippen molar-refractivity contribution in [2.24, 2.45) is 0 Å². The van der Waals surface area contributed by atoms with Crippen molar-refractivity contribution in [3.63, 3.8) is 0 Å². The number of benzene rings is 3. The molecule has 0 aliphatic carbocycles. The quantitative estimate of drug-likeness (QED) is 0.468. The van der Waals surface area contributed by atoms with E-state index in [1.165, 1.54) is 12.1 Å². The number of nitrogens with zero attached hydrogens (tertiary/aromatic N) is 2. The first-order valence-electron chi connectivity index (χ1n) is 14.2. The third-order valence-electron chi connectivity index (χ3n) is 7.89. The Balaban J connectivity index is 1.05. The lowest BCUT2D eigenvalue weighted by atomic mass is 9.97.